The van der Waals surface area contributed by atoms with E-state index < -0.39 is 74.4 Å². The van der Waals surface area contributed by atoms with Crippen LogP contribution in [0.15, 0.2) is 46.1 Å². The van der Waals surface area contributed by atoms with Gasteiger partial charge in [-0.25, -0.2) is 14.6 Å². The summed E-state index contributed by atoms with van der Waals surface area (Å²) in [7, 11) is 0. The number of allylic oxidation sites excluding steroid dienone is 1. The first-order valence-electron chi connectivity index (χ1n) is 11.3. The lowest BCUT2D eigenvalue weighted by atomic mass is 10.0. The van der Waals surface area contributed by atoms with E-state index in [0.29, 0.717) is 0 Å². The lowest BCUT2D eigenvalue weighted by molar-refractivity contribution is -0.394. The number of aromatic nitrogens is 1. The van der Waals surface area contributed by atoms with Crippen molar-refractivity contribution < 1.29 is 44.1 Å². The number of β-lactam (4-membered cyclic amide) rings is 1. The molecule has 2 aromatic rings. The molecule has 0 radical (unpaired) electrons. The Morgan fingerprint density at radius 2 is 1.98 bits per heavy atom. The number of benzene rings is 1. The van der Waals surface area contributed by atoms with Crippen LogP contribution in [0, 0.1) is 20.2 Å². The summed E-state index contributed by atoms with van der Waals surface area (Å²) in [6.07, 6.45) is 2.47. The zero-order valence-electron chi connectivity index (χ0n) is 20.7. The van der Waals surface area contributed by atoms with E-state index in [2.05, 4.69) is 20.3 Å². The van der Waals surface area contributed by atoms with Crippen LogP contribution in [0.4, 0.5) is 16.5 Å². The van der Waals surface area contributed by atoms with E-state index in [1.807, 2.05) is 0 Å². The summed E-state index contributed by atoms with van der Waals surface area (Å²) in [5.41, 5.74) is 3.69. The number of thioether (sulfide) groups is 1. The molecule has 0 spiro atoms. The highest BCUT2D eigenvalue weighted by atomic mass is 32.2. The van der Waals surface area contributed by atoms with Crippen molar-refractivity contribution in [2.24, 2.45) is 5.16 Å². The van der Waals surface area contributed by atoms with E-state index in [1.54, 1.807) is 0 Å². The van der Waals surface area contributed by atoms with Crippen LogP contribution in [0.25, 0.3) is 6.08 Å². The molecule has 1 saturated heterocycles. The predicted octanol–water partition coefficient (Wildman–Crippen LogP) is 0.799. The van der Waals surface area contributed by atoms with Crippen molar-refractivity contribution in [1.29, 1.82) is 0 Å². The molecule has 2 aliphatic heterocycles. The highest BCUT2D eigenvalue weighted by Crippen LogP contribution is 2.41. The van der Waals surface area contributed by atoms with E-state index in [9.17, 15) is 44.5 Å². The number of nitrogens with one attached hydrogen (secondary N) is 1. The summed E-state index contributed by atoms with van der Waals surface area (Å²) in [6.45, 7) is -0.864. The Morgan fingerprint density at radius 1 is 1.24 bits per heavy atom. The van der Waals surface area contributed by atoms with Gasteiger partial charge in [-0.1, -0.05) is 11.2 Å². The lowest BCUT2D eigenvalue weighted by Crippen LogP contribution is -2.71. The molecule has 5 N–H and O–H groups in total. The second-order valence-corrected chi connectivity index (χ2v) is 10.3. The first kappa shape index (κ1) is 29.6. The number of nitro groups is 2. The third-order valence-corrected chi connectivity index (χ3v) is 7.67. The Balaban J connectivity index is 1.57. The van der Waals surface area contributed by atoms with Crippen molar-refractivity contribution in [3.63, 3.8) is 0 Å². The predicted molar refractivity (Wildman–Crippen MR) is 145 cm³/mol. The lowest BCUT2D eigenvalue weighted by Gasteiger charge is -2.49. The molecular formula is C22H17N7O11S2. The van der Waals surface area contributed by atoms with E-state index >= 15 is 0 Å². The van der Waals surface area contributed by atoms with Crippen LogP contribution in [0.3, 0.4) is 0 Å². The summed E-state index contributed by atoms with van der Waals surface area (Å²) in [4.78, 5) is 79.2. The first-order valence-corrected chi connectivity index (χ1v) is 13.3. The minimum absolute atomic E-state index is 0.0189. The average molecular weight is 620 g/mol. The SMILES string of the molecule is Nc1nc(/C(=N\OCC(=O)O)C(=O)NC2C(=O)N3C(C(=O)O)=C(/C=C/c4ccc([N+](=O)[O-])cc4[N+](=O)[O-])CS[C@H]23)cs1. The quantitative estimate of drug-likeness (QED) is 0.117. The third-order valence-electron chi connectivity index (χ3n) is 5.70. The van der Waals surface area contributed by atoms with Gasteiger partial charge in [-0.05, 0) is 17.7 Å². The Hall–Kier alpha value is -5.37. The highest BCUT2D eigenvalue weighted by Gasteiger charge is 2.54. The topological polar surface area (TPSA) is 271 Å². The zero-order valence-corrected chi connectivity index (χ0v) is 22.4. The van der Waals surface area contributed by atoms with Crippen LogP contribution in [0.2, 0.25) is 0 Å². The van der Waals surface area contributed by atoms with Crippen molar-refractivity contribution in [3.05, 3.63) is 72.4 Å². The van der Waals surface area contributed by atoms with Gasteiger partial charge in [-0.2, -0.15) is 0 Å². The minimum atomic E-state index is -1.47. The number of nitrogens with two attached hydrogens (primary N) is 1. The fourth-order valence-electron chi connectivity index (χ4n) is 3.87. The number of amides is 2. The number of thiazole rings is 1. The Bertz CT molecular complexity index is 1620. The van der Waals surface area contributed by atoms with Gasteiger partial charge < -0.3 is 26.1 Å². The summed E-state index contributed by atoms with van der Waals surface area (Å²) in [5.74, 6) is -4.56. The van der Waals surface area contributed by atoms with Gasteiger partial charge >= 0.3 is 11.9 Å². The van der Waals surface area contributed by atoms with Crippen LogP contribution in [0.5, 0.6) is 0 Å². The Kier molecular flexibility index (Phi) is 8.47. The number of nitrogen functional groups attached to an aromatic ring is 1. The van der Waals surface area contributed by atoms with Gasteiger partial charge in [0.05, 0.1) is 21.5 Å². The summed E-state index contributed by atoms with van der Waals surface area (Å²) in [6, 6.07) is 1.77. The third kappa shape index (κ3) is 6.02. The number of nitro benzene ring substituents is 2. The average Bonchev–Trinajstić information content (AvgIpc) is 3.37. The van der Waals surface area contributed by atoms with Crippen LogP contribution < -0.4 is 11.1 Å². The monoisotopic (exact) mass is 619 g/mol. The Labute approximate surface area is 241 Å². The molecule has 20 heteroatoms. The van der Waals surface area contributed by atoms with E-state index in [0.717, 1.165) is 46.2 Å². The van der Waals surface area contributed by atoms with Gasteiger partial charge in [0.2, 0.25) is 6.61 Å². The maximum absolute atomic E-state index is 13.0. The number of aliphatic carboxylic acids is 2. The van der Waals surface area contributed by atoms with Crippen molar-refractivity contribution in [2.75, 3.05) is 18.1 Å². The smallest absolute Gasteiger partial charge is 0.352 e. The molecule has 3 heterocycles. The maximum Gasteiger partial charge on any atom is 0.352 e. The standard InChI is InChI=1S/C22H17N7O11S2/c23-22-24-12(8-42-22)15(26-40-6-14(30)31)18(32)25-16-19(33)27-17(21(34)35)10(7-41-20(16)27)2-1-9-3-4-11(28(36)37)5-13(9)29(38)39/h1-5,8,16,20H,6-7H2,(H2,23,24)(H,25,32)(H,30,31)(H,34,35)/b2-1+,26-15+/t16?,20-/m1/s1. The molecule has 1 unspecified atom stereocenters. The van der Waals surface area contributed by atoms with Crippen molar-refractivity contribution >= 4 is 75.1 Å². The molecule has 2 amide bonds. The van der Waals surface area contributed by atoms with Gasteiger partial charge in [0.25, 0.3) is 23.2 Å². The van der Waals surface area contributed by atoms with E-state index in [4.69, 9.17) is 10.8 Å². The van der Waals surface area contributed by atoms with Crippen molar-refractivity contribution in [2.45, 2.75) is 11.4 Å². The van der Waals surface area contributed by atoms with Crippen molar-refractivity contribution in [3.8, 4) is 0 Å². The van der Waals surface area contributed by atoms with Crippen LogP contribution in [-0.4, -0.2) is 83.2 Å². The maximum atomic E-state index is 13.0. The molecule has 0 aliphatic carbocycles. The van der Waals surface area contributed by atoms with Crippen LogP contribution >= 0.6 is 23.1 Å². The number of carbonyl (C=O) groups is 4. The molecule has 1 aromatic heterocycles. The van der Waals surface area contributed by atoms with Crippen LogP contribution in [0.1, 0.15) is 11.3 Å². The molecule has 1 aromatic carbocycles. The summed E-state index contributed by atoms with van der Waals surface area (Å²) in [5, 5.41) is 47.6. The number of fused-ring (bicyclic) bond motifs is 1. The molecule has 18 nitrogen and oxygen atoms in total. The molecule has 4 rings (SSSR count). The Morgan fingerprint density at radius 3 is 2.57 bits per heavy atom. The van der Waals surface area contributed by atoms with Gasteiger partial charge in [0, 0.05) is 17.2 Å². The molecule has 1 fully saturated rings. The molecule has 0 saturated carbocycles. The first-order chi connectivity index (χ1) is 19.9. The fraction of sp³-hybridized carbons (Fsp3) is 0.182. The number of carboxylic acids is 2. The number of carbonyl (C=O) groups excluding carboxylic acids is 2. The molecule has 0 bridgehead atoms. The van der Waals surface area contributed by atoms with Crippen LogP contribution in [-0.2, 0) is 24.0 Å². The molecule has 2 atom stereocenters. The number of carboxylic acid groups (broad SMARTS) is 2. The molecular weight excluding hydrogens is 602 g/mol. The number of anilines is 1. The normalized spacial score (nSPS) is 18.3. The number of rotatable bonds is 11. The second-order valence-electron chi connectivity index (χ2n) is 8.31. The van der Waals surface area contributed by atoms with Gasteiger partial charge in [0.15, 0.2) is 10.8 Å². The second kappa shape index (κ2) is 12.0. The minimum Gasteiger partial charge on any atom is -0.479 e. The number of non-ortho nitro benzene ring substituents is 1. The van der Waals surface area contributed by atoms with Gasteiger partial charge in [0.1, 0.15) is 22.8 Å². The highest BCUT2D eigenvalue weighted by molar-refractivity contribution is 8.00. The van der Waals surface area contributed by atoms with E-state index in [-0.39, 0.29) is 27.7 Å². The summed E-state index contributed by atoms with van der Waals surface area (Å²) >= 11 is 2.06. The van der Waals surface area contributed by atoms with E-state index in [1.165, 1.54) is 17.5 Å². The number of hydrogen-bond donors (Lipinski definition) is 4. The fourth-order valence-corrected chi connectivity index (χ4v) is 5.73. The number of oxime groups is 1. The largest absolute Gasteiger partial charge is 0.479 e. The number of nitrogens with zero attached hydrogens (tertiary/aromatic N) is 5. The van der Waals surface area contributed by atoms with Crippen molar-refractivity contribution in [1.82, 2.24) is 15.2 Å². The molecule has 42 heavy (non-hydrogen) atoms. The van der Waals surface area contributed by atoms with Gasteiger partial charge in [-0.3, -0.25) is 34.7 Å². The van der Waals surface area contributed by atoms with Gasteiger partial charge in [-0.15, -0.1) is 23.1 Å². The number of hydrogen-bond acceptors (Lipinski definition) is 14. The summed E-state index contributed by atoms with van der Waals surface area (Å²) < 4.78 is 0. The zero-order chi connectivity index (χ0) is 30.7. The molecule has 2 aliphatic rings. The molecule has 218 valence electrons.